The third kappa shape index (κ3) is 4.37. The van der Waals surface area contributed by atoms with Gasteiger partial charge in [-0.05, 0) is 30.2 Å². The van der Waals surface area contributed by atoms with Crippen molar-refractivity contribution in [2.75, 3.05) is 13.7 Å². The maximum atomic E-state index is 5.54. The molecule has 2 aromatic heterocycles. The van der Waals surface area contributed by atoms with E-state index in [4.69, 9.17) is 4.74 Å². The third-order valence-corrected chi connectivity index (χ3v) is 4.05. The summed E-state index contributed by atoms with van der Waals surface area (Å²) in [5.74, 6) is 1.55. The molecule has 0 amide bonds. The zero-order valence-corrected chi connectivity index (χ0v) is 15.1. The lowest BCUT2D eigenvalue weighted by Crippen LogP contribution is -2.37. The molecule has 0 saturated heterocycles. The molecule has 0 unspecified atom stereocenters. The molecule has 0 radical (unpaired) electrons. The number of aromatic nitrogens is 3. The first kappa shape index (κ1) is 17.9. The maximum absolute atomic E-state index is 5.54. The molecule has 0 atom stereocenters. The van der Waals surface area contributed by atoms with Crippen LogP contribution in [-0.2, 0) is 24.4 Å². The number of aliphatic imine (C=N–C) groups is 1. The minimum atomic E-state index is 0.533. The van der Waals surface area contributed by atoms with Crippen molar-refractivity contribution in [1.29, 1.82) is 0 Å². The quantitative estimate of drug-likeness (QED) is 0.503. The summed E-state index contributed by atoms with van der Waals surface area (Å²) in [5, 5.41) is 15.0. The number of rotatable bonds is 7. The van der Waals surface area contributed by atoms with Crippen molar-refractivity contribution in [3.63, 3.8) is 0 Å². The Hall–Kier alpha value is -2.93. The van der Waals surface area contributed by atoms with Gasteiger partial charge >= 0.3 is 0 Å². The number of ether oxygens (including phenoxy) is 1. The Morgan fingerprint density at radius 2 is 1.81 bits per heavy atom. The van der Waals surface area contributed by atoms with E-state index in [2.05, 4.69) is 38.0 Å². The molecule has 26 heavy (non-hydrogen) atoms. The fourth-order valence-electron chi connectivity index (χ4n) is 2.66. The van der Waals surface area contributed by atoms with Gasteiger partial charge in [-0.15, -0.1) is 10.2 Å². The number of hydrogen-bond acceptors (Lipinski definition) is 4. The van der Waals surface area contributed by atoms with E-state index in [1.807, 2.05) is 47.9 Å². The summed E-state index contributed by atoms with van der Waals surface area (Å²) in [7, 11) is 1.75. The molecule has 0 spiro atoms. The fraction of sp³-hybridized carbons (Fsp3) is 0.316. The van der Waals surface area contributed by atoms with Crippen LogP contribution in [0.4, 0.5) is 0 Å². The van der Waals surface area contributed by atoms with Crippen molar-refractivity contribution in [1.82, 2.24) is 25.2 Å². The molecule has 0 aliphatic carbocycles. The first-order valence-electron chi connectivity index (χ1n) is 8.69. The second kappa shape index (κ2) is 8.96. The molecular formula is C19H24N6O. The van der Waals surface area contributed by atoms with Gasteiger partial charge in [0.1, 0.15) is 0 Å². The van der Waals surface area contributed by atoms with E-state index in [0.29, 0.717) is 32.3 Å². The third-order valence-electron chi connectivity index (χ3n) is 4.05. The predicted molar refractivity (Wildman–Crippen MR) is 102 cm³/mol. The summed E-state index contributed by atoms with van der Waals surface area (Å²) in [6.07, 6.45) is 1.95. The standard InChI is InChI=1S/C19H24N6O/c1-3-26-14-16-9-5-4-8-15(16)12-21-19(20-2)22-13-18-24-23-17-10-6-7-11-25(17)18/h4-11H,3,12-14H2,1-2H3,(H2,20,21,22). The summed E-state index contributed by atoms with van der Waals surface area (Å²) < 4.78 is 7.50. The molecule has 0 aliphatic rings. The van der Waals surface area contributed by atoms with Crippen LogP contribution in [0.15, 0.2) is 53.7 Å². The molecule has 7 nitrogen and oxygen atoms in total. The molecule has 2 heterocycles. The van der Waals surface area contributed by atoms with Crippen LogP contribution >= 0.6 is 0 Å². The van der Waals surface area contributed by atoms with Crippen LogP contribution in [0, 0.1) is 0 Å². The number of pyridine rings is 1. The number of fused-ring (bicyclic) bond motifs is 1. The molecule has 0 bridgehead atoms. The SMILES string of the molecule is CCOCc1ccccc1CNC(=NC)NCc1nnc2ccccn12. The average molecular weight is 352 g/mol. The highest BCUT2D eigenvalue weighted by atomic mass is 16.5. The number of nitrogens with zero attached hydrogens (tertiary/aromatic N) is 4. The lowest BCUT2D eigenvalue weighted by atomic mass is 10.1. The monoisotopic (exact) mass is 352 g/mol. The Morgan fingerprint density at radius 3 is 2.62 bits per heavy atom. The number of nitrogens with one attached hydrogen (secondary N) is 2. The minimum absolute atomic E-state index is 0.533. The van der Waals surface area contributed by atoms with Crippen LogP contribution in [0.25, 0.3) is 5.65 Å². The van der Waals surface area contributed by atoms with Gasteiger partial charge in [0.15, 0.2) is 17.4 Å². The van der Waals surface area contributed by atoms with Gasteiger partial charge in [0, 0.05) is 26.4 Å². The van der Waals surface area contributed by atoms with E-state index in [-0.39, 0.29) is 0 Å². The fourth-order valence-corrected chi connectivity index (χ4v) is 2.66. The van der Waals surface area contributed by atoms with Gasteiger partial charge in [-0.3, -0.25) is 9.39 Å². The van der Waals surface area contributed by atoms with E-state index in [1.165, 1.54) is 11.1 Å². The van der Waals surface area contributed by atoms with Gasteiger partial charge in [-0.25, -0.2) is 0 Å². The second-order valence-corrected chi connectivity index (χ2v) is 5.73. The summed E-state index contributed by atoms with van der Waals surface area (Å²) in [6, 6.07) is 14.1. The van der Waals surface area contributed by atoms with Crippen molar-refractivity contribution in [3.05, 3.63) is 65.6 Å². The Labute approximate surface area is 153 Å². The van der Waals surface area contributed by atoms with E-state index >= 15 is 0 Å². The number of hydrogen-bond donors (Lipinski definition) is 2. The van der Waals surface area contributed by atoms with E-state index in [1.54, 1.807) is 7.05 Å². The molecule has 1 aromatic carbocycles. The minimum Gasteiger partial charge on any atom is -0.377 e. The summed E-state index contributed by atoms with van der Waals surface area (Å²) in [5.41, 5.74) is 3.20. The van der Waals surface area contributed by atoms with Gasteiger partial charge in [-0.1, -0.05) is 30.3 Å². The Balaban J connectivity index is 1.59. The molecule has 3 rings (SSSR count). The highest BCUT2D eigenvalue weighted by Gasteiger charge is 2.07. The summed E-state index contributed by atoms with van der Waals surface area (Å²) >= 11 is 0. The normalized spacial score (nSPS) is 11.7. The Bertz CT molecular complexity index is 873. The first-order chi connectivity index (χ1) is 12.8. The first-order valence-corrected chi connectivity index (χ1v) is 8.69. The molecular weight excluding hydrogens is 328 g/mol. The van der Waals surface area contributed by atoms with Gasteiger partial charge < -0.3 is 15.4 Å². The summed E-state index contributed by atoms with van der Waals surface area (Å²) in [4.78, 5) is 4.28. The Morgan fingerprint density at radius 1 is 1.04 bits per heavy atom. The van der Waals surface area contributed by atoms with Gasteiger partial charge in [0.25, 0.3) is 0 Å². The Kier molecular flexibility index (Phi) is 6.16. The zero-order valence-electron chi connectivity index (χ0n) is 15.1. The predicted octanol–water partition coefficient (Wildman–Crippen LogP) is 2.13. The average Bonchev–Trinajstić information content (AvgIpc) is 3.10. The van der Waals surface area contributed by atoms with Crippen LogP contribution in [0.5, 0.6) is 0 Å². The van der Waals surface area contributed by atoms with Crippen molar-refractivity contribution in [2.45, 2.75) is 26.6 Å². The highest BCUT2D eigenvalue weighted by molar-refractivity contribution is 5.79. The molecule has 0 saturated carbocycles. The largest absolute Gasteiger partial charge is 0.377 e. The molecule has 136 valence electrons. The van der Waals surface area contributed by atoms with Crippen LogP contribution in [-0.4, -0.2) is 34.2 Å². The molecule has 2 N–H and O–H groups in total. The number of guanidine groups is 1. The zero-order chi connectivity index (χ0) is 18.2. The number of benzene rings is 1. The topological polar surface area (TPSA) is 75.8 Å². The van der Waals surface area contributed by atoms with Gasteiger partial charge in [-0.2, -0.15) is 0 Å². The van der Waals surface area contributed by atoms with Crippen molar-refractivity contribution in [3.8, 4) is 0 Å². The van der Waals surface area contributed by atoms with Crippen molar-refractivity contribution >= 4 is 11.6 Å². The smallest absolute Gasteiger partial charge is 0.191 e. The van der Waals surface area contributed by atoms with Crippen molar-refractivity contribution < 1.29 is 4.74 Å². The van der Waals surface area contributed by atoms with Crippen LogP contribution < -0.4 is 10.6 Å². The van der Waals surface area contributed by atoms with Crippen molar-refractivity contribution in [2.24, 2.45) is 4.99 Å². The highest BCUT2D eigenvalue weighted by Crippen LogP contribution is 2.10. The van der Waals surface area contributed by atoms with Crippen LogP contribution in [0.3, 0.4) is 0 Å². The molecule has 7 heteroatoms. The van der Waals surface area contributed by atoms with E-state index in [0.717, 1.165) is 11.5 Å². The van der Waals surface area contributed by atoms with E-state index < -0.39 is 0 Å². The van der Waals surface area contributed by atoms with Crippen LogP contribution in [0.2, 0.25) is 0 Å². The van der Waals surface area contributed by atoms with E-state index in [9.17, 15) is 0 Å². The molecule has 0 aliphatic heterocycles. The van der Waals surface area contributed by atoms with Gasteiger partial charge in [0.2, 0.25) is 0 Å². The molecule has 3 aromatic rings. The van der Waals surface area contributed by atoms with Crippen LogP contribution in [0.1, 0.15) is 23.9 Å². The summed E-state index contributed by atoms with van der Waals surface area (Å²) in [6.45, 7) is 4.53. The molecule has 0 fully saturated rings. The maximum Gasteiger partial charge on any atom is 0.191 e. The second-order valence-electron chi connectivity index (χ2n) is 5.73. The lowest BCUT2D eigenvalue weighted by molar-refractivity contribution is 0.133. The van der Waals surface area contributed by atoms with Gasteiger partial charge in [0.05, 0.1) is 13.2 Å². The lowest BCUT2D eigenvalue weighted by Gasteiger charge is -2.14.